The second-order valence-electron chi connectivity index (χ2n) is 15.3. The third-order valence-electron chi connectivity index (χ3n) is 11.8. The Morgan fingerprint density at radius 2 is 1.04 bits per heavy atom. The van der Waals surface area contributed by atoms with Gasteiger partial charge < -0.3 is 9.64 Å². The number of anilines is 3. The van der Waals surface area contributed by atoms with Crippen LogP contribution in [0, 0.1) is 0 Å². The molecule has 0 atom stereocenters. The van der Waals surface area contributed by atoms with E-state index < -0.39 is 0 Å². The second kappa shape index (κ2) is 12.1. The van der Waals surface area contributed by atoms with Gasteiger partial charge >= 0.3 is 0 Å². The van der Waals surface area contributed by atoms with Crippen LogP contribution >= 0.6 is 0 Å². The van der Waals surface area contributed by atoms with Gasteiger partial charge in [0, 0.05) is 33.5 Å². The van der Waals surface area contributed by atoms with Crippen molar-refractivity contribution in [3.8, 4) is 56.0 Å². The average molecular weight is 704 g/mol. The molecule has 0 saturated heterocycles. The first-order valence-electron chi connectivity index (χ1n) is 19.1. The van der Waals surface area contributed by atoms with Crippen molar-refractivity contribution in [2.45, 2.75) is 19.3 Å². The molecule has 0 unspecified atom stereocenters. The maximum atomic E-state index is 7.29. The summed E-state index contributed by atoms with van der Waals surface area (Å²) in [6, 6.07) is 68.4. The topological polar surface area (TPSA) is 12.5 Å². The van der Waals surface area contributed by atoms with Gasteiger partial charge in [-0.1, -0.05) is 147 Å². The number of ether oxygens (including phenoxy) is 1. The standard InChI is InChI=1S/C53H37NO/c1-53(2)47-23-11-10-20-42(47)43-29-28-40(33-48(43)53)54(39-18-4-3-5-19-39)49-24-13-25-50-51(49)46-32-37-17-9-8-16-36(37)31-45(46)44-22-12-21-41(52(44)55-50)38-27-26-34-14-6-7-15-35(34)30-38/h3-33H,1-2H3. The van der Waals surface area contributed by atoms with Gasteiger partial charge in [0.1, 0.15) is 11.5 Å². The Hall–Kier alpha value is -6.90. The van der Waals surface area contributed by atoms with Gasteiger partial charge in [0.2, 0.25) is 0 Å². The van der Waals surface area contributed by atoms with Crippen molar-refractivity contribution in [1.29, 1.82) is 0 Å². The van der Waals surface area contributed by atoms with Crippen LogP contribution in [0.5, 0.6) is 11.5 Å². The van der Waals surface area contributed by atoms with Crippen LogP contribution in [-0.4, -0.2) is 0 Å². The molecule has 0 spiro atoms. The van der Waals surface area contributed by atoms with E-state index in [2.05, 4.69) is 207 Å². The van der Waals surface area contributed by atoms with Crippen molar-refractivity contribution >= 4 is 38.6 Å². The van der Waals surface area contributed by atoms with Crippen LogP contribution < -0.4 is 9.64 Å². The normalized spacial score (nSPS) is 13.2. The van der Waals surface area contributed by atoms with E-state index in [-0.39, 0.29) is 5.41 Å². The number of hydrogen-bond acceptors (Lipinski definition) is 2. The number of nitrogens with zero attached hydrogens (tertiary/aromatic N) is 1. The lowest BCUT2D eigenvalue weighted by atomic mass is 9.82. The van der Waals surface area contributed by atoms with Crippen molar-refractivity contribution < 1.29 is 4.74 Å². The lowest BCUT2D eigenvalue weighted by Crippen LogP contribution is -2.17. The van der Waals surface area contributed by atoms with E-state index >= 15 is 0 Å². The minimum atomic E-state index is -0.132. The highest BCUT2D eigenvalue weighted by Gasteiger charge is 2.36. The van der Waals surface area contributed by atoms with Crippen molar-refractivity contribution in [1.82, 2.24) is 0 Å². The average Bonchev–Trinajstić information content (AvgIpc) is 3.36. The first kappa shape index (κ1) is 31.6. The van der Waals surface area contributed by atoms with Gasteiger partial charge in [0.25, 0.3) is 0 Å². The van der Waals surface area contributed by atoms with Gasteiger partial charge in [-0.3, -0.25) is 0 Å². The smallest absolute Gasteiger partial charge is 0.143 e. The molecule has 0 saturated carbocycles. The Bertz CT molecular complexity index is 2990. The molecule has 260 valence electrons. The molecule has 0 aromatic heterocycles. The highest BCUT2D eigenvalue weighted by atomic mass is 16.5. The largest absolute Gasteiger partial charge is 0.455 e. The summed E-state index contributed by atoms with van der Waals surface area (Å²) in [6.07, 6.45) is 0. The Labute approximate surface area is 321 Å². The summed E-state index contributed by atoms with van der Waals surface area (Å²) in [6.45, 7) is 4.70. The maximum absolute atomic E-state index is 7.29. The number of rotatable bonds is 4. The van der Waals surface area contributed by atoms with Crippen LogP contribution in [0.4, 0.5) is 17.1 Å². The molecule has 55 heavy (non-hydrogen) atoms. The fourth-order valence-electron chi connectivity index (χ4n) is 9.12. The zero-order valence-electron chi connectivity index (χ0n) is 30.8. The number of fused-ring (bicyclic) bond motifs is 10. The van der Waals surface area contributed by atoms with Gasteiger partial charge in [0.05, 0.1) is 5.69 Å². The summed E-state index contributed by atoms with van der Waals surface area (Å²) < 4.78 is 7.29. The number of benzene rings is 9. The molecule has 0 bridgehead atoms. The summed E-state index contributed by atoms with van der Waals surface area (Å²) in [5, 5.41) is 4.82. The lowest BCUT2D eigenvalue weighted by molar-refractivity contribution is 0.489. The van der Waals surface area contributed by atoms with E-state index in [0.29, 0.717) is 0 Å². The molecule has 1 heterocycles. The molecule has 0 radical (unpaired) electrons. The summed E-state index contributed by atoms with van der Waals surface area (Å²) >= 11 is 0. The molecule has 9 aromatic rings. The predicted molar refractivity (Wildman–Crippen MR) is 230 cm³/mol. The highest BCUT2D eigenvalue weighted by molar-refractivity contribution is 6.05. The quantitative estimate of drug-likeness (QED) is 0.181. The van der Waals surface area contributed by atoms with Crippen molar-refractivity contribution in [3.63, 3.8) is 0 Å². The number of para-hydroxylation sites is 2. The third kappa shape index (κ3) is 4.88. The molecule has 0 fully saturated rings. The van der Waals surface area contributed by atoms with Crippen LogP contribution in [0.2, 0.25) is 0 Å². The zero-order valence-corrected chi connectivity index (χ0v) is 30.8. The SMILES string of the molecule is CC1(C)c2ccccc2-c2ccc(N(c3ccccc3)c3cccc4c3-c3cc5ccccc5cc3-c3cccc(-c5ccc6ccccc6c5)c3O4)cc21. The van der Waals surface area contributed by atoms with E-state index in [9.17, 15) is 0 Å². The van der Waals surface area contributed by atoms with Gasteiger partial charge in [-0.25, -0.2) is 0 Å². The highest BCUT2D eigenvalue weighted by Crippen LogP contribution is 2.56. The molecule has 0 amide bonds. The first-order valence-corrected chi connectivity index (χ1v) is 19.1. The van der Waals surface area contributed by atoms with Gasteiger partial charge in [-0.15, -0.1) is 0 Å². The van der Waals surface area contributed by atoms with E-state index in [1.807, 2.05) is 0 Å². The van der Waals surface area contributed by atoms with Crippen LogP contribution in [0.3, 0.4) is 0 Å². The molecule has 2 aliphatic rings. The first-order chi connectivity index (χ1) is 27.0. The molecular formula is C53H37NO. The van der Waals surface area contributed by atoms with Gasteiger partial charge in [0.15, 0.2) is 0 Å². The van der Waals surface area contributed by atoms with E-state index in [1.54, 1.807) is 0 Å². The lowest BCUT2D eigenvalue weighted by Gasteiger charge is -2.30. The summed E-state index contributed by atoms with van der Waals surface area (Å²) in [5.41, 5.74) is 15.1. The van der Waals surface area contributed by atoms with Gasteiger partial charge in [-0.2, -0.15) is 0 Å². The molecule has 2 nitrogen and oxygen atoms in total. The minimum Gasteiger partial charge on any atom is -0.455 e. The van der Waals surface area contributed by atoms with E-state index in [0.717, 1.165) is 61.9 Å². The Balaban J connectivity index is 1.17. The fraction of sp³-hybridized carbons (Fsp3) is 0.0566. The van der Waals surface area contributed by atoms with Crippen LogP contribution in [0.25, 0.3) is 66.1 Å². The molecule has 2 heteroatoms. The van der Waals surface area contributed by atoms with Crippen LogP contribution in [0.1, 0.15) is 25.0 Å². The van der Waals surface area contributed by atoms with E-state index in [1.165, 1.54) is 43.8 Å². The molecule has 1 aliphatic carbocycles. The molecule has 11 rings (SSSR count). The molecule has 0 N–H and O–H groups in total. The summed E-state index contributed by atoms with van der Waals surface area (Å²) in [4.78, 5) is 2.42. The predicted octanol–water partition coefficient (Wildman–Crippen LogP) is 14.9. The molecule has 1 aliphatic heterocycles. The molecule has 9 aromatic carbocycles. The summed E-state index contributed by atoms with van der Waals surface area (Å²) in [7, 11) is 0. The van der Waals surface area contributed by atoms with E-state index in [4.69, 9.17) is 4.74 Å². The Morgan fingerprint density at radius 1 is 0.400 bits per heavy atom. The minimum absolute atomic E-state index is 0.132. The Morgan fingerprint density at radius 3 is 1.85 bits per heavy atom. The maximum Gasteiger partial charge on any atom is 0.143 e. The molecular weight excluding hydrogens is 667 g/mol. The van der Waals surface area contributed by atoms with Crippen molar-refractivity contribution in [2.24, 2.45) is 0 Å². The number of hydrogen-bond donors (Lipinski definition) is 0. The monoisotopic (exact) mass is 703 g/mol. The van der Waals surface area contributed by atoms with Gasteiger partial charge in [-0.05, 0) is 115 Å². The van der Waals surface area contributed by atoms with Crippen LogP contribution in [-0.2, 0) is 5.41 Å². The van der Waals surface area contributed by atoms with Crippen LogP contribution in [0.15, 0.2) is 188 Å². The van der Waals surface area contributed by atoms with Crippen molar-refractivity contribution in [3.05, 3.63) is 199 Å². The zero-order chi connectivity index (χ0) is 36.7. The second-order valence-corrected chi connectivity index (χ2v) is 15.3. The Kier molecular flexibility index (Phi) is 6.93. The summed E-state index contributed by atoms with van der Waals surface area (Å²) in [5.74, 6) is 1.70. The third-order valence-corrected chi connectivity index (χ3v) is 11.8. The van der Waals surface area contributed by atoms with Crippen molar-refractivity contribution in [2.75, 3.05) is 4.90 Å². The fourth-order valence-corrected chi connectivity index (χ4v) is 9.12.